The van der Waals surface area contributed by atoms with E-state index in [1.807, 2.05) is 18.7 Å². The maximum Gasteiger partial charge on any atom is 0.0596 e. The van der Waals surface area contributed by atoms with Gasteiger partial charge in [-0.2, -0.15) is 5.10 Å². The Kier molecular flexibility index (Phi) is 4.21. The van der Waals surface area contributed by atoms with Crippen LogP contribution >= 0.6 is 0 Å². The van der Waals surface area contributed by atoms with Crippen molar-refractivity contribution in [2.75, 3.05) is 0 Å². The first-order chi connectivity index (χ1) is 8.15. The molecule has 0 radical (unpaired) electrons. The SMILES string of the molecule is Cc1cc(CC(N)CC2CCCCC2)n(C)n1. The number of aryl methyl sites for hydroxylation is 2. The Morgan fingerprint density at radius 1 is 1.41 bits per heavy atom. The maximum absolute atomic E-state index is 6.27. The van der Waals surface area contributed by atoms with Gasteiger partial charge in [-0.3, -0.25) is 4.68 Å². The zero-order valence-corrected chi connectivity index (χ0v) is 11.2. The summed E-state index contributed by atoms with van der Waals surface area (Å²) < 4.78 is 1.97. The molecule has 96 valence electrons. The van der Waals surface area contributed by atoms with Gasteiger partial charge in [-0.15, -0.1) is 0 Å². The van der Waals surface area contributed by atoms with E-state index in [0.29, 0.717) is 6.04 Å². The number of hydrogen-bond acceptors (Lipinski definition) is 2. The third-order valence-corrected chi connectivity index (χ3v) is 3.93. The Bertz CT molecular complexity index is 350. The highest BCUT2D eigenvalue weighted by molar-refractivity contribution is 5.09. The Morgan fingerprint density at radius 3 is 2.71 bits per heavy atom. The molecule has 1 aliphatic rings. The molecule has 1 atom stereocenters. The van der Waals surface area contributed by atoms with E-state index in [2.05, 4.69) is 11.2 Å². The second kappa shape index (κ2) is 5.67. The van der Waals surface area contributed by atoms with E-state index in [-0.39, 0.29) is 0 Å². The number of hydrogen-bond donors (Lipinski definition) is 1. The Morgan fingerprint density at radius 2 is 2.12 bits per heavy atom. The van der Waals surface area contributed by atoms with E-state index in [0.717, 1.165) is 18.0 Å². The van der Waals surface area contributed by atoms with Gasteiger partial charge in [0, 0.05) is 25.2 Å². The summed E-state index contributed by atoms with van der Waals surface area (Å²) in [5.41, 5.74) is 8.63. The summed E-state index contributed by atoms with van der Waals surface area (Å²) >= 11 is 0. The highest BCUT2D eigenvalue weighted by atomic mass is 15.3. The van der Waals surface area contributed by atoms with Crippen molar-refractivity contribution in [3.8, 4) is 0 Å². The number of aromatic nitrogens is 2. The van der Waals surface area contributed by atoms with Crippen molar-refractivity contribution >= 4 is 0 Å². The number of rotatable bonds is 4. The molecule has 0 bridgehead atoms. The number of nitrogens with zero attached hydrogens (tertiary/aromatic N) is 2. The summed E-state index contributed by atoms with van der Waals surface area (Å²) in [6.07, 6.45) is 9.16. The van der Waals surface area contributed by atoms with Crippen LogP contribution in [0, 0.1) is 12.8 Å². The van der Waals surface area contributed by atoms with Gasteiger partial charge in [0.15, 0.2) is 0 Å². The highest BCUT2D eigenvalue weighted by Gasteiger charge is 2.17. The summed E-state index contributed by atoms with van der Waals surface area (Å²) in [5.74, 6) is 0.869. The molecule has 1 unspecified atom stereocenters. The molecule has 0 saturated heterocycles. The van der Waals surface area contributed by atoms with E-state index in [1.165, 1.54) is 44.2 Å². The van der Waals surface area contributed by atoms with Crippen LogP contribution in [-0.4, -0.2) is 15.8 Å². The van der Waals surface area contributed by atoms with E-state index in [4.69, 9.17) is 5.73 Å². The van der Waals surface area contributed by atoms with Crippen molar-refractivity contribution in [3.63, 3.8) is 0 Å². The van der Waals surface area contributed by atoms with E-state index < -0.39 is 0 Å². The van der Waals surface area contributed by atoms with Crippen molar-refractivity contribution in [1.82, 2.24) is 9.78 Å². The molecule has 0 amide bonds. The fourth-order valence-electron chi connectivity index (χ4n) is 3.06. The normalized spacial score (nSPS) is 19.5. The van der Waals surface area contributed by atoms with Gasteiger partial charge in [0.05, 0.1) is 5.69 Å². The highest BCUT2D eigenvalue weighted by Crippen LogP contribution is 2.27. The second-order valence-electron chi connectivity index (χ2n) is 5.60. The van der Waals surface area contributed by atoms with Crippen molar-refractivity contribution in [1.29, 1.82) is 0 Å². The van der Waals surface area contributed by atoms with Gasteiger partial charge >= 0.3 is 0 Å². The zero-order chi connectivity index (χ0) is 12.3. The quantitative estimate of drug-likeness (QED) is 0.871. The Balaban J connectivity index is 1.83. The van der Waals surface area contributed by atoms with Gasteiger partial charge in [-0.1, -0.05) is 32.1 Å². The predicted octanol–water partition coefficient (Wildman–Crippen LogP) is 2.57. The monoisotopic (exact) mass is 235 g/mol. The molecule has 3 nitrogen and oxygen atoms in total. The smallest absolute Gasteiger partial charge is 0.0596 e. The fraction of sp³-hybridized carbons (Fsp3) is 0.786. The standard InChI is InChI=1S/C14H25N3/c1-11-8-14(17(2)16-11)10-13(15)9-12-6-4-3-5-7-12/h8,12-13H,3-7,9-10,15H2,1-2H3. The Labute approximate surface area is 104 Å². The minimum Gasteiger partial charge on any atom is -0.327 e. The number of nitrogens with two attached hydrogens (primary N) is 1. The van der Waals surface area contributed by atoms with Crippen LogP contribution in [0.5, 0.6) is 0 Å². The third kappa shape index (κ3) is 3.56. The molecular formula is C14H25N3. The summed E-state index contributed by atoms with van der Waals surface area (Å²) in [4.78, 5) is 0. The van der Waals surface area contributed by atoms with E-state index in [9.17, 15) is 0 Å². The molecule has 2 N–H and O–H groups in total. The van der Waals surface area contributed by atoms with Crippen molar-refractivity contribution < 1.29 is 0 Å². The Hall–Kier alpha value is -0.830. The van der Waals surface area contributed by atoms with Crippen LogP contribution in [0.15, 0.2) is 6.07 Å². The predicted molar refractivity (Wildman–Crippen MR) is 70.8 cm³/mol. The minimum absolute atomic E-state index is 0.299. The molecule has 3 heteroatoms. The average molecular weight is 235 g/mol. The molecule has 2 rings (SSSR count). The molecule has 17 heavy (non-hydrogen) atoms. The van der Waals surface area contributed by atoms with Gasteiger partial charge in [-0.05, 0) is 25.3 Å². The summed E-state index contributed by atoms with van der Waals surface area (Å²) in [5, 5.41) is 4.37. The van der Waals surface area contributed by atoms with Gasteiger partial charge in [0.2, 0.25) is 0 Å². The summed E-state index contributed by atoms with van der Waals surface area (Å²) in [7, 11) is 2.01. The molecule has 1 heterocycles. The lowest BCUT2D eigenvalue weighted by atomic mass is 9.84. The van der Waals surface area contributed by atoms with Gasteiger partial charge in [-0.25, -0.2) is 0 Å². The molecule has 1 fully saturated rings. The van der Waals surface area contributed by atoms with Crippen LogP contribution in [0.25, 0.3) is 0 Å². The van der Waals surface area contributed by atoms with Crippen molar-refractivity contribution in [2.24, 2.45) is 18.7 Å². The van der Waals surface area contributed by atoms with E-state index in [1.54, 1.807) is 0 Å². The summed E-state index contributed by atoms with van der Waals surface area (Å²) in [6.45, 7) is 2.04. The lowest BCUT2D eigenvalue weighted by Crippen LogP contribution is -2.27. The lowest BCUT2D eigenvalue weighted by Gasteiger charge is -2.24. The summed E-state index contributed by atoms with van der Waals surface area (Å²) in [6, 6.07) is 2.45. The zero-order valence-electron chi connectivity index (χ0n) is 11.2. The van der Waals surface area contributed by atoms with Crippen LogP contribution in [0.1, 0.15) is 49.9 Å². The third-order valence-electron chi connectivity index (χ3n) is 3.93. The second-order valence-corrected chi connectivity index (χ2v) is 5.60. The van der Waals surface area contributed by atoms with Crippen LogP contribution in [0.3, 0.4) is 0 Å². The topological polar surface area (TPSA) is 43.8 Å². The molecule has 1 aromatic heterocycles. The first-order valence-corrected chi connectivity index (χ1v) is 6.90. The largest absolute Gasteiger partial charge is 0.327 e. The molecule has 1 saturated carbocycles. The fourth-order valence-corrected chi connectivity index (χ4v) is 3.06. The molecule has 1 aliphatic carbocycles. The minimum atomic E-state index is 0.299. The van der Waals surface area contributed by atoms with Crippen LogP contribution in [0.4, 0.5) is 0 Å². The van der Waals surface area contributed by atoms with Crippen LogP contribution in [-0.2, 0) is 13.5 Å². The molecule has 1 aromatic rings. The first kappa shape index (κ1) is 12.6. The lowest BCUT2D eigenvalue weighted by molar-refractivity contribution is 0.315. The van der Waals surface area contributed by atoms with Gasteiger partial charge in [0.1, 0.15) is 0 Å². The molecule has 0 spiro atoms. The van der Waals surface area contributed by atoms with Crippen LogP contribution < -0.4 is 5.73 Å². The van der Waals surface area contributed by atoms with Crippen molar-refractivity contribution in [2.45, 2.75) is 57.9 Å². The van der Waals surface area contributed by atoms with Crippen LogP contribution in [0.2, 0.25) is 0 Å². The van der Waals surface area contributed by atoms with Crippen molar-refractivity contribution in [3.05, 3.63) is 17.5 Å². The first-order valence-electron chi connectivity index (χ1n) is 6.90. The molecular weight excluding hydrogens is 210 g/mol. The average Bonchev–Trinajstić information content (AvgIpc) is 2.58. The maximum atomic E-state index is 6.27. The van der Waals surface area contributed by atoms with Gasteiger partial charge < -0.3 is 5.73 Å². The van der Waals surface area contributed by atoms with E-state index >= 15 is 0 Å². The molecule has 0 aromatic carbocycles. The molecule has 0 aliphatic heterocycles. The van der Waals surface area contributed by atoms with Gasteiger partial charge in [0.25, 0.3) is 0 Å².